The molecule has 4 heteroatoms. The maximum atomic E-state index is 5.55. The Morgan fingerprint density at radius 3 is 3.14 bits per heavy atom. The van der Waals surface area contributed by atoms with Crippen molar-refractivity contribution in [2.45, 2.75) is 26.3 Å². The zero-order valence-electron chi connectivity index (χ0n) is 12.4. The first kappa shape index (κ1) is 13.7. The molecule has 0 amide bonds. The van der Waals surface area contributed by atoms with Crippen LogP contribution < -0.4 is 15.4 Å². The summed E-state index contributed by atoms with van der Waals surface area (Å²) >= 11 is 0. The van der Waals surface area contributed by atoms with Crippen molar-refractivity contribution in [2.24, 2.45) is 0 Å². The molecule has 1 aromatic heterocycles. The van der Waals surface area contributed by atoms with Gasteiger partial charge in [-0.05, 0) is 43.0 Å². The van der Waals surface area contributed by atoms with E-state index in [4.69, 9.17) is 4.74 Å². The molecular weight excluding hydrogens is 262 g/mol. The lowest BCUT2D eigenvalue weighted by molar-refractivity contribution is 0.328. The molecule has 0 radical (unpaired) electrons. The maximum Gasteiger partial charge on any atom is 0.237 e. The molecule has 1 aliphatic rings. The van der Waals surface area contributed by atoms with E-state index in [0.717, 1.165) is 25.2 Å². The Morgan fingerprint density at radius 1 is 1.29 bits per heavy atom. The number of aromatic nitrogens is 1. The van der Waals surface area contributed by atoms with E-state index in [2.05, 4.69) is 33.8 Å². The topological polar surface area (TPSA) is 46.2 Å². The Bertz CT molecular complexity index is 613. The number of aryl methyl sites for hydroxylation is 1. The number of benzene rings is 1. The third-order valence-corrected chi connectivity index (χ3v) is 3.68. The van der Waals surface area contributed by atoms with Crippen LogP contribution in [0.5, 0.6) is 5.88 Å². The molecule has 110 valence electrons. The number of para-hydroxylation sites is 1. The number of pyridine rings is 1. The van der Waals surface area contributed by atoms with Gasteiger partial charge in [-0.3, -0.25) is 0 Å². The minimum absolute atomic E-state index is 0.619. The van der Waals surface area contributed by atoms with E-state index >= 15 is 0 Å². The van der Waals surface area contributed by atoms with Gasteiger partial charge >= 0.3 is 0 Å². The summed E-state index contributed by atoms with van der Waals surface area (Å²) in [5.74, 6) is 0.665. The zero-order valence-corrected chi connectivity index (χ0v) is 12.4. The van der Waals surface area contributed by atoms with E-state index in [0.29, 0.717) is 12.5 Å². The summed E-state index contributed by atoms with van der Waals surface area (Å²) in [4.78, 5) is 4.27. The van der Waals surface area contributed by atoms with Crippen LogP contribution in [0.2, 0.25) is 0 Å². The molecular formula is C17H21N3O. The van der Waals surface area contributed by atoms with Gasteiger partial charge in [0, 0.05) is 25.0 Å². The van der Waals surface area contributed by atoms with E-state index in [9.17, 15) is 0 Å². The Kier molecular flexibility index (Phi) is 4.24. The molecule has 0 saturated heterocycles. The summed E-state index contributed by atoms with van der Waals surface area (Å²) in [6, 6.07) is 10.4. The van der Waals surface area contributed by atoms with Crippen molar-refractivity contribution in [3.63, 3.8) is 0 Å². The van der Waals surface area contributed by atoms with Gasteiger partial charge in [-0.1, -0.05) is 18.2 Å². The second-order valence-electron chi connectivity index (χ2n) is 5.12. The summed E-state index contributed by atoms with van der Waals surface area (Å²) in [6.45, 7) is 4.41. The Morgan fingerprint density at radius 2 is 2.24 bits per heavy atom. The standard InChI is InChI=1S/C17H21N3O/c1-2-21-17-15(9-5-11-19-17)20-12-14-7-3-6-13-8-4-10-18-16(13)14/h3,5-7,9,11,18,20H,2,4,8,10,12H2,1H3. The number of anilines is 2. The van der Waals surface area contributed by atoms with Gasteiger partial charge in [0.05, 0.1) is 12.3 Å². The molecule has 2 N–H and O–H groups in total. The van der Waals surface area contributed by atoms with E-state index < -0.39 is 0 Å². The first-order valence-electron chi connectivity index (χ1n) is 7.55. The average molecular weight is 283 g/mol. The molecule has 0 saturated carbocycles. The monoisotopic (exact) mass is 283 g/mol. The molecule has 0 atom stereocenters. The molecule has 21 heavy (non-hydrogen) atoms. The fraction of sp³-hybridized carbons (Fsp3) is 0.353. The van der Waals surface area contributed by atoms with E-state index in [1.165, 1.54) is 23.2 Å². The highest BCUT2D eigenvalue weighted by molar-refractivity contribution is 5.61. The van der Waals surface area contributed by atoms with Crippen LogP contribution in [0.15, 0.2) is 36.5 Å². The van der Waals surface area contributed by atoms with Gasteiger partial charge in [-0.15, -0.1) is 0 Å². The van der Waals surface area contributed by atoms with Gasteiger partial charge in [0.1, 0.15) is 0 Å². The summed E-state index contributed by atoms with van der Waals surface area (Å²) in [5, 5.41) is 6.96. The number of hydrogen-bond donors (Lipinski definition) is 2. The Labute approximate surface area is 125 Å². The maximum absolute atomic E-state index is 5.55. The van der Waals surface area contributed by atoms with Crippen LogP contribution >= 0.6 is 0 Å². The summed E-state index contributed by atoms with van der Waals surface area (Å²) in [7, 11) is 0. The molecule has 0 aliphatic carbocycles. The van der Waals surface area contributed by atoms with Crippen LogP contribution in [-0.4, -0.2) is 18.1 Å². The van der Waals surface area contributed by atoms with E-state index in [1.54, 1.807) is 6.20 Å². The summed E-state index contributed by atoms with van der Waals surface area (Å²) < 4.78 is 5.55. The van der Waals surface area contributed by atoms with E-state index in [-0.39, 0.29) is 0 Å². The van der Waals surface area contributed by atoms with E-state index in [1.807, 2.05) is 19.1 Å². The van der Waals surface area contributed by atoms with Crippen molar-refractivity contribution in [3.05, 3.63) is 47.7 Å². The molecule has 0 fully saturated rings. The van der Waals surface area contributed by atoms with Gasteiger partial charge in [0.2, 0.25) is 5.88 Å². The van der Waals surface area contributed by atoms with Gasteiger partial charge in [-0.25, -0.2) is 4.98 Å². The SMILES string of the molecule is CCOc1ncccc1NCc1cccc2c1NCCC2. The van der Waals surface area contributed by atoms with Gasteiger partial charge in [0.15, 0.2) is 0 Å². The fourth-order valence-corrected chi connectivity index (χ4v) is 2.70. The molecule has 1 aliphatic heterocycles. The highest BCUT2D eigenvalue weighted by Crippen LogP contribution is 2.28. The molecule has 0 bridgehead atoms. The normalized spacial score (nSPS) is 13.2. The lowest BCUT2D eigenvalue weighted by Crippen LogP contribution is -2.15. The number of ether oxygens (including phenoxy) is 1. The lowest BCUT2D eigenvalue weighted by Gasteiger charge is -2.21. The quantitative estimate of drug-likeness (QED) is 0.882. The highest BCUT2D eigenvalue weighted by atomic mass is 16.5. The van der Waals surface area contributed by atoms with Crippen molar-refractivity contribution in [3.8, 4) is 5.88 Å². The van der Waals surface area contributed by atoms with Crippen LogP contribution in [0.1, 0.15) is 24.5 Å². The highest BCUT2D eigenvalue weighted by Gasteiger charge is 2.12. The molecule has 0 unspecified atom stereocenters. The summed E-state index contributed by atoms with van der Waals surface area (Å²) in [5.41, 5.74) is 4.93. The minimum Gasteiger partial charge on any atom is -0.476 e. The van der Waals surface area contributed by atoms with Crippen molar-refractivity contribution >= 4 is 11.4 Å². The molecule has 2 heterocycles. The van der Waals surface area contributed by atoms with Crippen LogP contribution in [0.25, 0.3) is 0 Å². The van der Waals surface area contributed by atoms with Gasteiger partial charge in [-0.2, -0.15) is 0 Å². The van der Waals surface area contributed by atoms with Crippen LogP contribution in [0, 0.1) is 0 Å². The van der Waals surface area contributed by atoms with Gasteiger partial charge < -0.3 is 15.4 Å². The van der Waals surface area contributed by atoms with Crippen molar-refractivity contribution in [1.29, 1.82) is 0 Å². The average Bonchev–Trinajstić information content (AvgIpc) is 2.54. The molecule has 3 rings (SSSR count). The molecule has 2 aromatic rings. The van der Waals surface area contributed by atoms with Crippen LogP contribution in [0.3, 0.4) is 0 Å². The first-order chi connectivity index (χ1) is 10.4. The number of nitrogens with one attached hydrogen (secondary N) is 2. The number of fused-ring (bicyclic) bond motifs is 1. The second-order valence-corrected chi connectivity index (χ2v) is 5.12. The Hall–Kier alpha value is -2.23. The summed E-state index contributed by atoms with van der Waals surface area (Å²) in [6.07, 6.45) is 4.12. The second kappa shape index (κ2) is 6.48. The smallest absolute Gasteiger partial charge is 0.237 e. The molecule has 4 nitrogen and oxygen atoms in total. The zero-order chi connectivity index (χ0) is 14.5. The van der Waals surface area contributed by atoms with Crippen molar-refractivity contribution < 1.29 is 4.74 Å². The number of rotatable bonds is 5. The van der Waals surface area contributed by atoms with Crippen LogP contribution in [-0.2, 0) is 13.0 Å². The number of hydrogen-bond acceptors (Lipinski definition) is 4. The largest absolute Gasteiger partial charge is 0.476 e. The third kappa shape index (κ3) is 3.10. The lowest BCUT2D eigenvalue weighted by atomic mass is 9.99. The molecule has 0 spiro atoms. The first-order valence-corrected chi connectivity index (χ1v) is 7.55. The minimum atomic E-state index is 0.619. The fourth-order valence-electron chi connectivity index (χ4n) is 2.70. The predicted molar refractivity (Wildman–Crippen MR) is 86.0 cm³/mol. The van der Waals surface area contributed by atoms with Crippen molar-refractivity contribution in [1.82, 2.24) is 4.98 Å². The third-order valence-electron chi connectivity index (χ3n) is 3.68. The molecule has 1 aromatic carbocycles. The Balaban J connectivity index is 1.76. The number of nitrogens with zero attached hydrogens (tertiary/aromatic N) is 1. The van der Waals surface area contributed by atoms with Crippen molar-refractivity contribution in [2.75, 3.05) is 23.8 Å². The van der Waals surface area contributed by atoms with Crippen LogP contribution in [0.4, 0.5) is 11.4 Å². The predicted octanol–water partition coefficient (Wildman–Crippen LogP) is 3.45. The van der Waals surface area contributed by atoms with Gasteiger partial charge in [0.25, 0.3) is 0 Å².